The van der Waals surface area contributed by atoms with Crippen LogP contribution in [0.5, 0.6) is 11.5 Å². The topological polar surface area (TPSA) is 40.0 Å². The smallest absolute Gasteiger partial charge is 0.161 e. The molecule has 22 heavy (non-hydrogen) atoms. The first-order valence-corrected chi connectivity index (χ1v) is 7.81. The summed E-state index contributed by atoms with van der Waals surface area (Å²) in [5.74, 6) is 1.57. The summed E-state index contributed by atoms with van der Waals surface area (Å²) in [7, 11) is 3.37. The highest BCUT2D eigenvalue weighted by atomic mass is 16.5. The Morgan fingerprint density at radius 2 is 1.91 bits per heavy atom. The Kier molecular flexibility index (Phi) is 5.46. The Morgan fingerprint density at radius 3 is 2.55 bits per heavy atom. The fraction of sp³-hybridized carbons (Fsp3) is 0.611. The number of hydrogen-bond donors (Lipinski definition) is 0. The molecule has 1 atom stereocenters. The van der Waals surface area contributed by atoms with Gasteiger partial charge in [0.1, 0.15) is 0 Å². The van der Waals surface area contributed by atoms with E-state index in [1.807, 2.05) is 12.3 Å². The van der Waals surface area contributed by atoms with Gasteiger partial charge in [0.05, 0.1) is 19.8 Å². The molecular formula is C18H27NO3. The molecule has 0 spiro atoms. The van der Waals surface area contributed by atoms with Gasteiger partial charge in [-0.05, 0) is 35.1 Å². The third kappa shape index (κ3) is 4.01. The molecule has 0 bridgehead atoms. The highest BCUT2D eigenvalue weighted by Crippen LogP contribution is 2.35. The van der Waals surface area contributed by atoms with Crippen molar-refractivity contribution in [1.82, 2.24) is 0 Å². The number of rotatable bonds is 6. The predicted octanol–water partition coefficient (Wildman–Crippen LogP) is 3.50. The van der Waals surface area contributed by atoms with E-state index in [2.05, 4.69) is 26.8 Å². The van der Waals surface area contributed by atoms with Crippen molar-refractivity contribution in [1.29, 1.82) is 0 Å². The Hall–Kier alpha value is -1.55. The maximum Gasteiger partial charge on any atom is 0.161 e. The minimum absolute atomic E-state index is 0.160. The molecule has 0 saturated carbocycles. The number of hydrogen-bond acceptors (Lipinski definition) is 4. The minimum Gasteiger partial charge on any atom is -0.493 e. The lowest BCUT2D eigenvalue weighted by molar-refractivity contribution is 0.170. The summed E-state index contributed by atoms with van der Waals surface area (Å²) >= 11 is 0. The second-order valence-corrected chi connectivity index (χ2v) is 6.76. The SMILES string of the molecule is COCCCOc1cc2c(cc1OC)C=NC(C(C)(C)C)C2. The molecule has 0 radical (unpaired) electrons. The molecule has 0 amide bonds. The standard InChI is InChI=1S/C18H27NO3/c1-18(2,3)17-11-13-9-16(22-8-6-7-20-4)15(21-5)10-14(13)12-19-17/h9-10,12,17H,6-8,11H2,1-5H3. The van der Waals surface area contributed by atoms with Crippen LogP contribution < -0.4 is 9.47 Å². The van der Waals surface area contributed by atoms with E-state index in [0.717, 1.165) is 29.9 Å². The Balaban J connectivity index is 2.18. The van der Waals surface area contributed by atoms with Crippen LogP contribution in [0, 0.1) is 5.41 Å². The molecule has 1 aliphatic rings. The van der Waals surface area contributed by atoms with Crippen molar-refractivity contribution in [2.24, 2.45) is 10.4 Å². The van der Waals surface area contributed by atoms with Crippen molar-refractivity contribution in [2.75, 3.05) is 27.4 Å². The number of nitrogens with zero attached hydrogens (tertiary/aromatic N) is 1. The summed E-state index contributed by atoms with van der Waals surface area (Å²) < 4.78 is 16.4. The number of ether oxygens (including phenoxy) is 3. The third-order valence-electron chi connectivity index (χ3n) is 3.98. The lowest BCUT2D eigenvalue weighted by Gasteiger charge is -2.30. The summed E-state index contributed by atoms with van der Waals surface area (Å²) in [6, 6.07) is 4.42. The second-order valence-electron chi connectivity index (χ2n) is 6.76. The molecule has 1 heterocycles. The Morgan fingerprint density at radius 1 is 1.14 bits per heavy atom. The van der Waals surface area contributed by atoms with Gasteiger partial charge in [0.2, 0.25) is 0 Å². The molecule has 1 aromatic carbocycles. The number of fused-ring (bicyclic) bond motifs is 1. The fourth-order valence-corrected chi connectivity index (χ4v) is 2.53. The van der Waals surface area contributed by atoms with E-state index in [1.54, 1.807) is 14.2 Å². The van der Waals surface area contributed by atoms with Gasteiger partial charge in [0.15, 0.2) is 11.5 Å². The predicted molar refractivity (Wildman–Crippen MR) is 89.5 cm³/mol. The van der Waals surface area contributed by atoms with Crippen LogP contribution in [0.4, 0.5) is 0 Å². The normalized spacial score (nSPS) is 17.2. The van der Waals surface area contributed by atoms with Crippen molar-refractivity contribution in [3.63, 3.8) is 0 Å². The fourth-order valence-electron chi connectivity index (χ4n) is 2.53. The van der Waals surface area contributed by atoms with Gasteiger partial charge in [0, 0.05) is 26.4 Å². The zero-order chi connectivity index (χ0) is 16.2. The van der Waals surface area contributed by atoms with Crippen molar-refractivity contribution in [3.8, 4) is 11.5 Å². The first-order valence-electron chi connectivity index (χ1n) is 7.81. The van der Waals surface area contributed by atoms with Gasteiger partial charge in [-0.25, -0.2) is 0 Å². The van der Waals surface area contributed by atoms with Crippen LogP contribution in [0.3, 0.4) is 0 Å². The van der Waals surface area contributed by atoms with Crippen molar-refractivity contribution in [2.45, 2.75) is 39.7 Å². The Bertz CT molecular complexity index is 532. The van der Waals surface area contributed by atoms with Crippen molar-refractivity contribution in [3.05, 3.63) is 23.3 Å². The van der Waals surface area contributed by atoms with E-state index in [9.17, 15) is 0 Å². The van der Waals surface area contributed by atoms with Crippen LogP contribution in [0.15, 0.2) is 17.1 Å². The Labute approximate surface area is 133 Å². The van der Waals surface area contributed by atoms with Gasteiger partial charge in [-0.2, -0.15) is 0 Å². The molecular weight excluding hydrogens is 278 g/mol. The number of aliphatic imine (C=N–C) groups is 1. The van der Waals surface area contributed by atoms with E-state index < -0.39 is 0 Å². The molecule has 0 aliphatic carbocycles. The van der Waals surface area contributed by atoms with Crippen molar-refractivity contribution < 1.29 is 14.2 Å². The summed E-state index contributed by atoms with van der Waals surface area (Å²) in [5.41, 5.74) is 2.56. The average Bonchev–Trinajstić information content (AvgIpc) is 2.49. The van der Waals surface area contributed by atoms with E-state index in [0.29, 0.717) is 19.3 Å². The molecule has 0 aromatic heterocycles. The van der Waals surface area contributed by atoms with E-state index in [4.69, 9.17) is 19.2 Å². The van der Waals surface area contributed by atoms with Crippen LogP contribution >= 0.6 is 0 Å². The summed E-state index contributed by atoms with van der Waals surface area (Å²) in [4.78, 5) is 4.70. The van der Waals surface area contributed by atoms with Crippen LogP contribution in [0.25, 0.3) is 0 Å². The van der Waals surface area contributed by atoms with Gasteiger partial charge in [-0.3, -0.25) is 4.99 Å². The van der Waals surface area contributed by atoms with E-state index >= 15 is 0 Å². The van der Waals surface area contributed by atoms with Crippen molar-refractivity contribution >= 4 is 6.21 Å². The van der Waals surface area contributed by atoms with Gasteiger partial charge in [-0.15, -0.1) is 0 Å². The third-order valence-corrected chi connectivity index (χ3v) is 3.98. The van der Waals surface area contributed by atoms with E-state index in [-0.39, 0.29) is 5.41 Å². The molecule has 0 fully saturated rings. The quantitative estimate of drug-likeness (QED) is 0.755. The minimum atomic E-state index is 0.160. The average molecular weight is 305 g/mol. The summed E-state index contributed by atoms with van der Waals surface area (Å²) in [6.07, 6.45) is 3.77. The molecule has 1 aromatic rings. The van der Waals surface area contributed by atoms with Gasteiger partial charge in [0.25, 0.3) is 0 Å². The molecule has 122 valence electrons. The summed E-state index contributed by atoms with van der Waals surface area (Å²) in [6.45, 7) is 8.01. The molecule has 4 nitrogen and oxygen atoms in total. The van der Waals surface area contributed by atoms with Gasteiger partial charge < -0.3 is 14.2 Å². The molecule has 4 heteroatoms. The zero-order valence-electron chi connectivity index (χ0n) is 14.3. The highest BCUT2D eigenvalue weighted by Gasteiger charge is 2.27. The van der Waals surface area contributed by atoms with Crippen LogP contribution in [0.2, 0.25) is 0 Å². The number of benzene rings is 1. The van der Waals surface area contributed by atoms with Gasteiger partial charge >= 0.3 is 0 Å². The molecule has 1 aliphatic heterocycles. The maximum atomic E-state index is 5.87. The molecule has 1 unspecified atom stereocenters. The largest absolute Gasteiger partial charge is 0.493 e. The summed E-state index contributed by atoms with van der Waals surface area (Å²) in [5, 5.41) is 0. The molecule has 0 saturated heterocycles. The zero-order valence-corrected chi connectivity index (χ0v) is 14.3. The first-order chi connectivity index (χ1) is 10.5. The van der Waals surface area contributed by atoms with Gasteiger partial charge in [-0.1, -0.05) is 20.8 Å². The lowest BCUT2D eigenvalue weighted by Crippen LogP contribution is -2.29. The second kappa shape index (κ2) is 7.14. The maximum absolute atomic E-state index is 5.87. The van der Waals surface area contributed by atoms with Crippen LogP contribution in [0.1, 0.15) is 38.3 Å². The highest BCUT2D eigenvalue weighted by molar-refractivity contribution is 5.84. The van der Waals surface area contributed by atoms with Crippen LogP contribution in [-0.4, -0.2) is 39.7 Å². The lowest BCUT2D eigenvalue weighted by atomic mass is 9.81. The molecule has 0 N–H and O–H groups in total. The van der Waals surface area contributed by atoms with Crippen LogP contribution in [-0.2, 0) is 11.2 Å². The molecule has 2 rings (SSSR count). The number of methoxy groups -OCH3 is 2. The first kappa shape index (κ1) is 16.8. The monoisotopic (exact) mass is 305 g/mol. The van der Waals surface area contributed by atoms with E-state index in [1.165, 1.54) is 5.56 Å².